The number of nitrogens with two attached hydrogens (primary N) is 1. The second kappa shape index (κ2) is 3.52. The van der Waals surface area contributed by atoms with Crippen molar-refractivity contribution in [2.45, 2.75) is 0 Å². The van der Waals surface area contributed by atoms with E-state index in [2.05, 4.69) is 29.3 Å². The van der Waals surface area contributed by atoms with Gasteiger partial charge in [0.15, 0.2) is 0 Å². The molecule has 0 aromatic heterocycles. The standard InChI is InChI=1S/CH3NO2.Mo.H2S.S/c2-1(3)4;;;/h2H2,(H,3,4);;1H2;/q;+2;;/p-2. The van der Waals surface area contributed by atoms with Gasteiger partial charge in [0.2, 0.25) is 0 Å². The summed E-state index contributed by atoms with van der Waals surface area (Å²) in [5.74, 6) is 0. The molecule has 2 N–H and O–H groups in total. The van der Waals surface area contributed by atoms with Crippen molar-refractivity contribution in [1.82, 2.24) is 0 Å². The van der Waals surface area contributed by atoms with Gasteiger partial charge in [0.25, 0.3) is 0 Å². The summed E-state index contributed by atoms with van der Waals surface area (Å²) in [4.78, 5) is 9.74. The van der Waals surface area contributed by atoms with Gasteiger partial charge in [-0.15, -0.1) is 0 Å². The van der Waals surface area contributed by atoms with Crippen LogP contribution in [-0.4, -0.2) is 6.09 Å². The van der Waals surface area contributed by atoms with Crippen molar-refractivity contribution in [1.29, 1.82) is 0 Å². The molecule has 0 bridgehead atoms. The molecule has 0 saturated heterocycles. The molecule has 0 aliphatic rings. The van der Waals surface area contributed by atoms with Gasteiger partial charge in [-0.25, -0.2) is 0 Å². The third-order valence-corrected chi connectivity index (χ3v) is 1.75. The first kappa shape index (κ1) is 7.53. The van der Waals surface area contributed by atoms with Gasteiger partial charge in [0, 0.05) is 0 Å². The van der Waals surface area contributed by atoms with Gasteiger partial charge in [-0.1, -0.05) is 0 Å². The molecule has 0 fully saturated rings. The van der Waals surface area contributed by atoms with Crippen molar-refractivity contribution in [3.8, 4) is 0 Å². The Morgan fingerprint density at radius 2 is 2.43 bits per heavy atom. The minimum absolute atomic E-state index is 0.818. The molecule has 6 heteroatoms. The topological polar surface area (TPSA) is 52.3 Å². The van der Waals surface area contributed by atoms with Crippen LogP contribution in [0.4, 0.5) is 4.79 Å². The van der Waals surface area contributed by atoms with E-state index in [4.69, 9.17) is 0 Å². The van der Waals surface area contributed by atoms with Gasteiger partial charge in [-0.2, -0.15) is 0 Å². The Morgan fingerprint density at radius 1 is 2.00 bits per heavy atom. The second-order valence-electron chi connectivity index (χ2n) is 0.619. The predicted molar refractivity (Wildman–Crippen MR) is 27.2 cm³/mol. The Kier molecular flexibility index (Phi) is 3.79. The molecule has 0 atom stereocenters. The Hall–Kier alpha value is 0.528. The number of thiol groups is 1. The average molecular weight is 221 g/mol. The summed E-state index contributed by atoms with van der Waals surface area (Å²) in [5.41, 5.74) is 4.56. The number of rotatable bonds is 1. The molecule has 0 aromatic rings. The van der Waals surface area contributed by atoms with E-state index in [-0.39, 0.29) is 0 Å². The Morgan fingerprint density at radius 3 is 2.43 bits per heavy atom. The first-order valence-electron chi connectivity index (χ1n) is 1.21. The molecule has 0 aliphatic carbocycles. The van der Waals surface area contributed by atoms with Crippen LogP contribution in [0.2, 0.25) is 0 Å². The molecule has 3 nitrogen and oxygen atoms in total. The van der Waals surface area contributed by atoms with Crippen LogP contribution in [0, 0.1) is 0 Å². The Balaban J connectivity index is 3.32. The minimum atomic E-state index is -2.17. The predicted octanol–water partition coefficient (Wildman–Crippen LogP) is 0.572. The molecule has 0 saturated carbocycles. The van der Waals surface area contributed by atoms with Crippen LogP contribution in [0.5, 0.6) is 0 Å². The quantitative estimate of drug-likeness (QED) is 0.502. The van der Waals surface area contributed by atoms with Crippen LogP contribution in [0.1, 0.15) is 0 Å². The summed E-state index contributed by atoms with van der Waals surface area (Å²) in [6.45, 7) is 0. The third-order valence-electron chi connectivity index (χ3n) is 0.153. The summed E-state index contributed by atoms with van der Waals surface area (Å²) in [6.07, 6.45) is -0.818. The van der Waals surface area contributed by atoms with Gasteiger partial charge in [-0.05, 0) is 0 Å². The van der Waals surface area contributed by atoms with Crippen molar-refractivity contribution in [3.63, 3.8) is 0 Å². The van der Waals surface area contributed by atoms with Crippen molar-refractivity contribution in [2.24, 2.45) is 5.73 Å². The molecular formula is CH3MoNO2S2. The van der Waals surface area contributed by atoms with E-state index >= 15 is 0 Å². The van der Waals surface area contributed by atoms with Crippen molar-refractivity contribution in [2.75, 3.05) is 0 Å². The van der Waals surface area contributed by atoms with E-state index in [1.807, 2.05) is 0 Å². The Bertz CT molecular complexity index is 91.9. The van der Waals surface area contributed by atoms with Gasteiger partial charge in [-0.3, -0.25) is 0 Å². The van der Waals surface area contributed by atoms with Gasteiger partial charge >= 0.3 is 54.8 Å². The van der Waals surface area contributed by atoms with Gasteiger partial charge in [0.05, 0.1) is 0 Å². The molecular weight excluding hydrogens is 218 g/mol. The second-order valence-corrected chi connectivity index (χ2v) is 7.31. The molecule has 7 heavy (non-hydrogen) atoms. The van der Waals surface area contributed by atoms with E-state index in [0.29, 0.717) is 0 Å². The van der Waals surface area contributed by atoms with Crippen LogP contribution in [-0.2, 0) is 18.0 Å². The summed E-state index contributed by atoms with van der Waals surface area (Å²) in [7, 11) is 8.17. The molecule has 0 rings (SSSR count). The zero-order valence-electron chi connectivity index (χ0n) is 3.16. The van der Waals surface area contributed by atoms with Crippen LogP contribution in [0.25, 0.3) is 0 Å². The summed E-state index contributed by atoms with van der Waals surface area (Å²) >= 11 is -2.17. The zero-order valence-corrected chi connectivity index (χ0v) is 6.88. The first-order valence-corrected chi connectivity index (χ1v) is 7.88. The summed E-state index contributed by atoms with van der Waals surface area (Å²) < 4.78 is 4.24. The van der Waals surface area contributed by atoms with Gasteiger partial charge in [0.1, 0.15) is 0 Å². The van der Waals surface area contributed by atoms with Crippen molar-refractivity contribution >= 4 is 26.2 Å². The van der Waals surface area contributed by atoms with Crippen molar-refractivity contribution in [3.05, 3.63) is 0 Å². The number of primary amides is 1. The molecule has 42 valence electrons. The van der Waals surface area contributed by atoms with E-state index < -0.39 is 20.7 Å². The van der Waals surface area contributed by atoms with E-state index in [9.17, 15) is 4.79 Å². The number of carbonyl (C=O) groups excluding carboxylic acids is 1. The maximum atomic E-state index is 9.74. The Labute approximate surface area is 54.8 Å². The molecule has 0 aliphatic heterocycles. The van der Waals surface area contributed by atoms with Crippen LogP contribution in [0.3, 0.4) is 0 Å². The third kappa shape index (κ3) is 6.53. The van der Waals surface area contributed by atoms with Crippen molar-refractivity contribution < 1.29 is 22.8 Å². The zero-order chi connectivity index (χ0) is 5.86. The first-order chi connectivity index (χ1) is 3.13. The monoisotopic (exact) mass is 223 g/mol. The van der Waals surface area contributed by atoms with Gasteiger partial charge < -0.3 is 0 Å². The van der Waals surface area contributed by atoms with E-state index in [1.165, 1.54) is 0 Å². The molecule has 0 unspecified atom stereocenters. The van der Waals surface area contributed by atoms with E-state index in [0.717, 1.165) is 0 Å². The maximum absolute atomic E-state index is 9.74. The normalized spacial score (nSPS) is 8.86. The average Bonchev–Trinajstić information content (AvgIpc) is 1.27. The number of hydrogen-bond acceptors (Lipinski definition) is 3. The molecule has 0 aromatic carbocycles. The summed E-state index contributed by atoms with van der Waals surface area (Å²) in [6, 6.07) is 0. The molecule has 1 amide bonds. The van der Waals surface area contributed by atoms with Crippen LogP contribution >= 0.6 is 20.2 Å². The number of carbonyl (C=O) groups is 1. The van der Waals surface area contributed by atoms with Crippen LogP contribution < -0.4 is 5.73 Å². The fraction of sp³-hybridized carbons (Fsp3) is 0. The molecule has 0 spiro atoms. The summed E-state index contributed by atoms with van der Waals surface area (Å²) in [5, 5.41) is 0. The SMILES string of the molecule is NC(=O)[O][Mo](=[S])[SH]. The van der Waals surface area contributed by atoms with E-state index in [1.54, 1.807) is 0 Å². The molecule has 0 radical (unpaired) electrons. The fourth-order valence-electron chi connectivity index (χ4n) is 0.0703. The number of amides is 1. The fourth-order valence-corrected chi connectivity index (χ4v) is 1.25. The molecule has 0 heterocycles. The number of hydrogen-bond donors (Lipinski definition) is 2. The van der Waals surface area contributed by atoms with Crippen LogP contribution in [0.15, 0.2) is 0 Å².